The summed E-state index contributed by atoms with van der Waals surface area (Å²) < 4.78 is 0. The van der Waals surface area contributed by atoms with Crippen molar-refractivity contribution in [3.8, 4) is 5.75 Å². The Hall–Kier alpha value is -1.18. The van der Waals surface area contributed by atoms with E-state index in [9.17, 15) is 5.11 Å². The van der Waals surface area contributed by atoms with Gasteiger partial charge in [-0.05, 0) is 13.8 Å². The van der Waals surface area contributed by atoms with Crippen LogP contribution in [0.2, 0.25) is 0 Å². The van der Waals surface area contributed by atoms with E-state index in [1.165, 1.54) is 0 Å². The molecule has 54 valence electrons. The maximum Gasteiger partial charge on any atom is 0.140 e. The first kappa shape index (κ1) is 6.93. The molecule has 0 unspecified atom stereocenters. The monoisotopic (exact) mass is 137 g/mol. The van der Waals surface area contributed by atoms with Crippen molar-refractivity contribution in [3.05, 3.63) is 16.8 Å². The number of aromatic amines is 1. The summed E-state index contributed by atoms with van der Waals surface area (Å²) in [6.45, 7) is 3.83. The molecular formula is C8H11NO. The van der Waals surface area contributed by atoms with Crippen LogP contribution in [0.4, 0.5) is 0 Å². The van der Waals surface area contributed by atoms with Crippen LogP contribution in [-0.2, 0) is 0 Å². The van der Waals surface area contributed by atoms with Crippen LogP contribution >= 0.6 is 0 Å². The van der Waals surface area contributed by atoms with Crippen molar-refractivity contribution in [2.24, 2.45) is 0 Å². The van der Waals surface area contributed by atoms with Gasteiger partial charge >= 0.3 is 0 Å². The van der Waals surface area contributed by atoms with E-state index >= 15 is 0 Å². The van der Waals surface area contributed by atoms with E-state index in [4.69, 9.17) is 0 Å². The lowest BCUT2D eigenvalue weighted by molar-refractivity contribution is 0.472. The molecule has 1 rings (SSSR count). The van der Waals surface area contributed by atoms with Gasteiger partial charge in [0.25, 0.3) is 0 Å². The quantitative estimate of drug-likeness (QED) is 0.531. The number of nitrogens with one attached hydrogen (secondary N) is 1. The second kappa shape index (κ2) is 2.60. The molecule has 0 fully saturated rings. The van der Waals surface area contributed by atoms with Crippen LogP contribution in [0.25, 0.3) is 12.2 Å². The fourth-order valence-electron chi connectivity index (χ4n) is 0.982. The molecule has 0 saturated heterocycles. The molecule has 0 radical (unpaired) electrons. The van der Waals surface area contributed by atoms with Crippen molar-refractivity contribution < 1.29 is 5.11 Å². The lowest BCUT2D eigenvalue weighted by Crippen LogP contribution is -2.21. The second-order valence-electron chi connectivity index (χ2n) is 2.08. The van der Waals surface area contributed by atoms with E-state index in [-0.39, 0.29) is 0 Å². The Labute approximate surface area is 59.5 Å². The highest BCUT2D eigenvalue weighted by Gasteiger charge is 1.91. The summed E-state index contributed by atoms with van der Waals surface area (Å²) in [5.41, 5.74) is 0. The minimum Gasteiger partial charge on any atom is -0.506 e. The first-order valence-electron chi connectivity index (χ1n) is 3.28. The molecule has 0 aliphatic rings. The highest BCUT2D eigenvalue weighted by atomic mass is 16.3. The maximum absolute atomic E-state index is 9.18. The Morgan fingerprint density at radius 2 is 2.10 bits per heavy atom. The van der Waals surface area contributed by atoms with Crippen molar-refractivity contribution in [1.29, 1.82) is 0 Å². The van der Waals surface area contributed by atoms with Gasteiger partial charge in [0.05, 0.1) is 0 Å². The molecule has 0 amide bonds. The molecule has 0 spiro atoms. The highest BCUT2D eigenvalue weighted by Crippen LogP contribution is 1.90. The van der Waals surface area contributed by atoms with Crippen molar-refractivity contribution >= 4 is 12.2 Å². The first-order chi connectivity index (χ1) is 4.79. The molecule has 10 heavy (non-hydrogen) atoms. The van der Waals surface area contributed by atoms with Gasteiger partial charge in [0.2, 0.25) is 0 Å². The Bertz CT molecular complexity index is 322. The number of hydrogen-bond acceptors (Lipinski definition) is 1. The summed E-state index contributed by atoms with van der Waals surface area (Å²) >= 11 is 0. The van der Waals surface area contributed by atoms with Crippen molar-refractivity contribution in [2.75, 3.05) is 0 Å². The zero-order valence-corrected chi connectivity index (χ0v) is 6.18. The number of H-pyrrole nitrogens is 1. The molecule has 0 saturated carbocycles. The van der Waals surface area contributed by atoms with E-state index in [0.717, 1.165) is 10.6 Å². The third-order valence-electron chi connectivity index (χ3n) is 1.51. The topological polar surface area (TPSA) is 36.0 Å². The van der Waals surface area contributed by atoms with Gasteiger partial charge in [0.1, 0.15) is 5.75 Å². The SMILES string of the molecule is C/C=c1/[nH]cc(O)/c1=C/C. The summed E-state index contributed by atoms with van der Waals surface area (Å²) in [6.07, 6.45) is 5.39. The average molecular weight is 137 g/mol. The summed E-state index contributed by atoms with van der Waals surface area (Å²) in [7, 11) is 0. The third-order valence-corrected chi connectivity index (χ3v) is 1.51. The summed E-state index contributed by atoms with van der Waals surface area (Å²) in [5, 5.41) is 11.0. The summed E-state index contributed by atoms with van der Waals surface area (Å²) in [4.78, 5) is 2.94. The molecule has 0 aromatic carbocycles. The van der Waals surface area contributed by atoms with Gasteiger partial charge in [-0.25, -0.2) is 0 Å². The second-order valence-corrected chi connectivity index (χ2v) is 2.08. The molecule has 0 aliphatic heterocycles. The Morgan fingerprint density at radius 3 is 2.50 bits per heavy atom. The van der Waals surface area contributed by atoms with Gasteiger partial charge in [-0.1, -0.05) is 12.2 Å². The predicted octanol–water partition coefficient (Wildman–Crippen LogP) is 0.321. The fourth-order valence-corrected chi connectivity index (χ4v) is 0.982. The molecule has 0 bridgehead atoms. The average Bonchev–Trinajstić information content (AvgIpc) is 2.30. The van der Waals surface area contributed by atoms with Crippen LogP contribution < -0.4 is 10.6 Å². The molecule has 2 N–H and O–H groups in total. The van der Waals surface area contributed by atoms with Gasteiger partial charge in [-0.3, -0.25) is 0 Å². The molecule has 1 heterocycles. The van der Waals surface area contributed by atoms with Crippen molar-refractivity contribution in [1.82, 2.24) is 4.98 Å². The van der Waals surface area contributed by atoms with Gasteiger partial charge in [-0.2, -0.15) is 0 Å². The zero-order chi connectivity index (χ0) is 7.56. The fraction of sp³-hybridized carbons (Fsp3) is 0.250. The van der Waals surface area contributed by atoms with Crippen LogP contribution in [0.1, 0.15) is 13.8 Å². The molecule has 0 aliphatic carbocycles. The lowest BCUT2D eigenvalue weighted by Gasteiger charge is -1.78. The lowest BCUT2D eigenvalue weighted by atomic mass is 10.3. The zero-order valence-electron chi connectivity index (χ0n) is 6.18. The van der Waals surface area contributed by atoms with Gasteiger partial charge in [0, 0.05) is 16.8 Å². The van der Waals surface area contributed by atoms with Crippen molar-refractivity contribution in [3.63, 3.8) is 0 Å². The van der Waals surface area contributed by atoms with Crippen LogP contribution in [-0.4, -0.2) is 10.1 Å². The van der Waals surface area contributed by atoms with Crippen molar-refractivity contribution in [2.45, 2.75) is 13.8 Å². The van der Waals surface area contributed by atoms with Crippen LogP contribution in [0.5, 0.6) is 5.75 Å². The predicted molar refractivity (Wildman–Crippen MR) is 42.0 cm³/mol. The standard InChI is InChI=1S/C8H11NO/c1-3-6-7(4-2)9-5-8(6)10/h3-5,9-10H,1-2H3/b6-3+,7-4+. The minimum atomic E-state index is 0.315. The van der Waals surface area contributed by atoms with Gasteiger partial charge in [0.15, 0.2) is 0 Å². The molecule has 2 nitrogen and oxygen atoms in total. The molecular weight excluding hydrogens is 126 g/mol. The number of hydrogen-bond donors (Lipinski definition) is 2. The van der Waals surface area contributed by atoms with E-state index < -0.39 is 0 Å². The Kier molecular flexibility index (Phi) is 1.81. The molecule has 1 aromatic heterocycles. The molecule has 1 aromatic rings. The number of rotatable bonds is 0. The highest BCUT2D eigenvalue weighted by molar-refractivity contribution is 5.33. The normalized spacial score (nSPS) is 14.6. The largest absolute Gasteiger partial charge is 0.506 e. The Balaban J connectivity index is 3.59. The van der Waals surface area contributed by atoms with E-state index in [0.29, 0.717) is 5.75 Å². The van der Waals surface area contributed by atoms with E-state index in [1.54, 1.807) is 6.20 Å². The van der Waals surface area contributed by atoms with Crippen LogP contribution in [0, 0.1) is 0 Å². The maximum atomic E-state index is 9.18. The third kappa shape index (κ3) is 0.923. The first-order valence-corrected chi connectivity index (χ1v) is 3.28. The molecule has 0 atom stereocenters. The van der Waals surface area contributed by atoms with E-state index in [1.807, 2.05) is 26.0 Å². The molecule has 2 heteroatoms. The van der Waals surface area contributed by atoms with Crippen LogP contribution in [0.3, 0.4) is 0 Å². The summed E-state index contributed by atoms with van der Waals surface area (Å²) in [6, 6.07) is 0. The van der Waals surface area contributed by atoms with Crippen LogP contribution in [0.15, 0.2) is 6.20 Å². The van der Waals surface area contributed by atoms with E-state index in [2.05, 4.69) is 4.98 Å². The van der Waals surface area contributed by atoms with Gasteiger partial charge < -0.3 is 10.1 Å². The number of aromatic nitrogens is 1. The smallest absolute Gasteiger partial charge is 0.140 e. The minimum absolute atomic E-state index is 0.315. The summed E-state index contributed by atoms with van der Waals surface area (Å²) in [5.74, 6) is 0.315. The van der Waals surface area contributed by atoms with Gasteiger partial charge in [-0.15, -0.1) is 0 Å². The Morgan fingerprint density at radius 1 is 1.40 bits per heavy atom. The number of aromatic hydroxyl groups is 1.